The Morgan fingerprint density at radius 1 is 1.06 bits per heavy atom. The molecule has 0 heterocycles. The van der Waals surface area contributed by atoms with Gasteiger partial charge in [-0.2, -0.15) is 0 Å². The molecule has 0 saturated heterocycles. The normalized spacial score (nSPS) is 10.8. The van der Waals surface area contributed by atoms with Gasteiger partial charge >= 0.3 is 0 Å². The maximum atomic E-state index is 4.14. The second-order valence-electron chi connectivity index (χ2n) is 3.73. The molecule has 0 spiro atoms. The molecule has 0 fully saturated rings. The fourth-order valence-electron chi connectivity index (χ4n) is 1.49. The molecule has 0 bridgehead atoms. The third-order valence-electron chi connectivity index (χ3n) is 2.36. The highest BCUT2D eigenvalue weighted by atomic mass is 14.1. The zero-order valence-corrected chi connectivity index (χ0v) is 12.0. The first kappa shape index (κ1) is 16.2. The van der Waals surface area contributed by atoms with E-state index in [1.807, 2.05) is 58.0 Å². The lowest BCUT2D eigenvalue weighted by atomic mass is 9.95. The molecule has 1 rings (SSSR count). The summed E-state index contributed by atoms with van der Waals surface area (Å²) in [6, 6.07) is 10.2. The van der Waals surface area contributed by atoms with E-state index in [4.69, 9.17) is 0 Å². The fourth-order valence-corrected chi connectivity index (χ4v) is 1.49. The predicted octanol–water partition coefficient (Wildman–Crippen LogP) is 5.80. The Hall–Kier alpha value is -1.82. The van der Waals surface area contributed by atoms with Crippen LogP contribution >= 0.6 is 0 Å². The van der Waals surface area contributed by atoms with E-state index in [1.54, 1.807) is 0 Å². The molecular weight excluding hydrogens is 216 g/mol. The predicted molar refractivity (Wildman–Crippen MR) is 84.5 cm³/mol. The highest BCUT2D eigenvalue weighted by Gasteiger charge is 2.04. The van der Waals surface area contributed by atoms with Crippen LogP contribution in [0.4, 0.5) is 0 Å². The summed E-state index contributed by atoms with van der Waals surface area (Å²) in [6.07, 6.45) is 6.07. The van der Waals surface area contributed by atoms with Crippen LogP contribution in [0, 0.1) is 0 Å². The Kier molecular flexibility index (Phi) is 8.30. The molecule has 18 heavy (non-hydrogen) atoms. The smallest absolute Gasteiger partial charge is 0.0161 e. The largest absolute Gasteiger partial charge is 0.0955 e. The van der Waals surface area contributed by atoms with Gasteiger partial charge in [0.05, 0.1) is 0 Å². The average Bonchev–Trinajstić information content (AvgIpc) is 2.42. The quantitative estimate of drug-likeness (QED) is 0.583. The van der Waals surface area contributed by atoms with Crippen LogP contribution in [0.1, 0.15) is 33.3 Å². The van der Waals surface area contributed by atoms with Gasteiger partial charge in [0.25, 0.3) is 0 Å². The lowest BCUT2D eigenvalue weighted by molar-refractivity contribution is 1.45. The summed E-state index contributed by atoms with van der Waals surface area (Å²) in [7, 11) is 0. The number of rotatable bonds is 4. The van der Waals surface area contributed by atoms with Crippen LogP contribution in [-0.4, -0.2) is 0 Å². The van der Waals surface area contributed by atoms with Crippen molar-refractivity contribution in [2.45, 2.75) is 27.7 Å². The summed E-state index contributed by atoms with van der Waals surface area (Å²) in [6.45, 7) is 16.1. The summed E-state index contributed by atoms with van der Waals surface area (Å²) in [5.74, 6) is 0. The van der Waals surface area contributed by atoms with Crippen molar-refractivity contribution in [3.05, 3.63) is 78.4 Å². The number of allylic oxidation sites excluding steroid dienone is 6. The van der Waals surface area contributed by atoms with Crippen molar-refractivity contribution in [2.24, 2.45) is 0 Å². The van der Waals surface area contributed by atoms with E-state index in [9.17, 15) is 0 Å². The molecule has 96 valence electrons. The molecule has 1 aromatic rings. The first-order valence-electron chi connectivity index (χ1n) is 6.40. The molecule has 0 saturated carbocycles. The molecule has 0 aliphatic carbocycles. The van der Waals surface area contributed by atoms with Crippen LogP contribution in [0.5, 0.6) is 0 Å². The van der Waals surface area contributed by atoms with E-state index in [0.29, 0.717) is 0 Å². The van der Waals surface area contributed by atoms with Crippen molar-refractivity contribution in [1.29, 1.82) is 0 Å². The van der Waals surface area contributed by atoms with Gasteiger partial charge in [-0.3, -0.25) is 0 Å². The van der Waals surface area contributed by atoms with Gasteiger partial charge < -0.3 is 0 Å². The van der Waals surface area contributed by atoms with Crippen molar-refractivity contribution < 1.29 is 0 Å². The van der Waals surface area contributed by atoms with E-state index >= 15 is 0 Å². The van der Waals surface area contributed by atoms with Gasteiger partial charge in [-0.15, -0.1) is 0 Å². The van der Waals surface area contributed by atoms with Crippen molar-refractivity contribution in [1.82, 2.24) is 0 Å². The Balaban J connectivity index is 0.00000137. The minimum Gasteiger partial charge on any atom is -0.0955 e. The van der Waals surface area contributed by atoms with Crippen molar-refractivity contribution >= 4 is 5.57 Å². The maximum Gasteiger partial charge on any atom is -0.0161 e. The van der Waals surface area contributed by atoms with Gasteiger partial charge in [0.2, 0.25) is 0 Å². The number of hydrogen-bond acceptors (Lipinski definition) is 0. The van der Waals surface area contributed by atoms with Gasteiger partial charge in [-0.05, 0) is 30.6 Å². The van der Waals surface area contributed by atoms with Crippen molar-refractivity contribution in [3.8, 4) is 0 Å². The van der Waals surface area contributed by atoms with Crippen molar-refractivity contribution in [2.75, 3.05) is 0 Å². The zero-order chi connectivity index (χ0) is 14.0. The highest BCUT2D eigenvalue weighted by molar-refractivity contribution is 5.81. The molecular formula is C18H24. The third-order valence-corrected chi connectivity index (χ3v) is 2.36. The van der Waals surface area contributed by atoms with Crippen LogP contribution in [0.3, 0.4) is 0 Å². The van der Waals surface area contributed by atoms with Gasteiger partial charge in [-0.25, -0.2) is 0 Å². The molecule has 0 aromatic heterocycles. The van der Waals surface area contributed by atoms with E-state index in [-0.39, 0.29) is 0 Å². The summed E-state index contributed by atoms with van der Waals surface area (Å²) >= 11 is 0. The van der Waals surface area contributed by atoms with Gasteiger partial charge in [0.15, 0.2) is 0 Å². The Bertz CT molecular complexity index is 430. The minimum absolute atomic E-state index is 1.02. The Labute approximate surface area is 112 Å². The zero-order valence-electron chi connectivity index (χ0n) is 12.0. The third kappa shape index (κ3) is 5.01. The SMILES string of the molecule is C=C(C)/C(=C\C=C/C)C(=C)c1ccccc1.CC. The molecule has 0 nitrogen and oxygen atoms in total. The summed E-state index contributed by atoms with van der Waals surface area (Å²) in [5, 5.41) is 0. The van der Waals surface area contributed by atoms with E-state index < -0.39 is 0 Å². The number of benzene rings is 1. The lowest BCUT2D eigenvalue weighted by Gasteiger charge is -2.10. The molecule has 0 heteroatoms. The molecule has 1 aromatic carbocycles. The van der Waals surface area contributed by atoms with Gasteiger partial charge in [0.1, 0.15) is 0 Å². The van der Waals surface area contributed by atoms with Crippen LogP contribution in [0.15, 0.2) is 72.9 Å². The summed E-state index contributed by atoms with van der Waals surface area (Å²) < 4.78 is 0. The lowest BCUT2D eigenvalue weighted by Crippen LogP contribution is -1.89. The summed E-state index contributed by atoms with van der Waals surface area (Å²) in [4.78, 5) is 0. The summed E-state index contributed by atoms with van der Waals surface area (Å²) in [5.41, 5.74) is 4.30. The Morgan fingerprint density at radius 3 is 2.06 bits per heavy atom. The van der Waals surface area contributed by atoms with E-state index in [1.165, 1.54) is 0 Å². The van der Waals surface area contributed by atoms with Crippen LogP contribution in [0.2, 0.25) is 0 Å². The second-order valence-corrected chi connectivity index (χ2v) is 3.73. The van der Waals surface area contributed by atoms with Crippen LogP contribution in [0.25, 0.3) is 5.57 Å². The van der Waals surface area contributed by atoms with Gasteiger partial charge in [-0.1, -0.05) is 81.1 Å². The standard InChI is InChI=1S/C16H18.C2H6/c1-5-6-12-16(13(2)3)14(4)15-10-8-7-9-11-15;1-2/h5-12H,2,4H2,1,3H3;1-2H3/b6-5-,16-12+;. The van der Waals surface area contributed by atoms with Crippen molar-refractivity contribution in [3.63, 3.8) is 0 Å². The first-order chi connectivity index (χ1) is 8.66. The maximum absolute atomic E-state index is 4.14. The van der Waals surface area contributed by atoms with Gasteiger partial charge in [0, 0.05) is 0 Å². The molecule has 0 amide bonds. The van der Waals surface area contributed by atoms with E-state index in [2.05, 4.69) is 31.4 Å². The van der Waals surface area contributed by atoms with Crippen LogP contribution < -0.4 is 0 Å². The molecule has 0 atom stereocenters. The van der Waals surface area contributed by atoms with E-state index in [0.717, 1.165) is 22.3 Å². The molecule has 0 aliphatic rings. The fraction of sp³-hybridized carbons (Fsp3) is 0.222. The topological polar surface area (TPSA) is 0 Å². The monoisotopic (exact) mass is 240 g/mol. The number of hydrogen-bond donors (Lipinski definition) is 0. The molecule has 0 N–H and O–H groups in total. The molecule has 0 aliphatic heterocycles. The average molecular weight is 240 g/mol. The Morgan fingerprint density at radius 2 is 1.61 bits per heavy atom. The van der Waals surface area contributed by atoms with Crippen LogP contribution in [-0.2, 0) is 0 Å². The molecule has 0 radical (unpaired) electrons. The minimum atomic E-state index is 1.02. The first-order valence-corrected chi connectivity index (χ1v) is 6.40. The second kappa shape index (κ2) is 9.23. The highest BCUT2D eigenvalue weighted by Crippen LogP contribution is 2.25. The molecule has 0 unspecified atom stereocenters.